The van der Waals surface area contributed by atoms with E-state index in [0.29, 0.717) is 12.5 Å². The van der Waals surface area contributed by atoms with Crippen molar-refractivity contribution in [2.24, 2.45) is 5.41 Å². The van der Waals surface area contributed by atoms with Gasteiger partial charge in [0, 0.05) is 5.56 Å². The Morgan fingerprint density at radius 3 is 2.17 bits per heavy atom. The van der Waals surface area contributed by atoms with Gasteiger partial charge in [-0.15, -0.1) is 0 Å². The second-order valence-electron chi connectivity index (χ2n) is 11.8. The average Bonchev–Trinajstić information content (AvgIpc) is 3.07. The molecule has 3 N–H and O–H groups in total. The molecular formula is C28H42F3N3O6. The Hall–Kier alpha value is -3.02. The van der Waals surface area contributed by atoms with Crippen molar-refractivity contribution in [3.05, 3.63) is 29.3 Å². The average molecular weight is 574 g/mol. The molecule has 0 spiro atoms. The number of carbonyl (C=O) groups is 3. The number of unbranched alkanes of at least 4 members (excludes halogenated alkanes) is 5. The van der Waals surface area contributed by atoms with Crippen molar-refractivity contribution < 1.29 is 42.1 Å². The molecule has 1 aromatic carbocycles. The molecular weight excluding hydrogens is 531 g/mol. The normalized spacial score (nSPS) is 20.8. The largest absolute Gasteiger partial charge is 0.493 e. The first-order valence-electron chi connectivity index (χ1n) is 13.5. The lowest BCUT2D eigenvalue weighted by Gasteiger charge is -2.40. The van der Waals surface area contributed by atoms with Gasteiger partial charge >= 0.3 is 12.3 Å². The van der Waals surface area contributed by atoms with E-state index in [1.54, 1.807) is 20.8 Å². The highest BCUT2D eigenvalue weighted by Gasteiger charge is 2.64. The van der Waals surface area contributed by atoms with Crippen LogP contribution in [0.25, 0.3) is 0 Å². The highest BCUT2D eigenvalue weighted by atomic mass is 19.4. The Morgan fingerprint density at radius 2 is 1.62 bits per heavy atom. The topological polar surface area (TPSA) is 117 Å². The van der Waals surface area contributed by atoms with Crippen LogP contribution >= 0.6 is 0 Å². The number of carbonyl (C=O) groups excluding carboxylic acids is 2. The van der Waals surface area contributed by atoms with Crippen molar-refractivity contribution in [1.82, 2.24) is 15.8 Å². The Balaban J connectivity index is 2.18. The van der Waals surface area contributed by atoms with E-state index in [9.17, 15) is 32.7 Å². The minimum absolute atomic E-state index is 0.114. The standard InChI is InChI=1S/C28H42F3N3O6/c1-8-9-10-11-12-13-16-39-20-15-14-18(17-19(20)28(29,30)31)21(35)32-33-23(36)27(7)22(25(2,3)4)40-26(5,6)34(27)24(37)38/h14-15,17,22H,8-13,16H2,1-7H3,(H,32,35)(H,33,36)(H,37,38)/t22?,27-/m0/s1. The predicted octanol–water partition coefficient (Wildman–Crippen LogP) is 6.13. The first-order chi connectivity index (χ1) is 18.4. The number of amides is 3. The molecule has 1 heterocycles. The zero-order valence-corrected chi connectivity index (χ0v) is 24.3. The van der Waals surface area contributed by atoms with Crippen LogP contribution < -0.4 is 15.6 Å². The Labute approximate surface area is 233 Å². The van der Waals surface area contributed by atoms with E-state index in [2.05, 4.69) is 17.8 Å². The van der Waals surface area contributed by atoms with Gasteiger partial charge < -0.3 is 14.6 Å². The SMILES string of the molecule is CCCCCCCCOc1ccc(C(=O)NNC(=O)[C@]2(C)C(C(C)(C)C)OC(C)(C)N2C(=O)O)cc1C(F)(F)F. The number of hydrazine groups is 1. The van der Waals surface area contributed by atoms with Gasteiger partial charge in [-0.25, -0.2) is 4.79 Å². The zero-order chi connectivity index (χ0) is 30.5. The highest BCUT2D eigenvalue weighted by molar-refractivity contribution is 5.97. The number of carboxylic acid groups (broad SMARTS) is 1. The third-order valence-corrected chi connectivity index (χ3v) is 6.95. The van der Waals surface area contributed by atoms with E-state index in [1.807, 2.05) is 0 Å². The first-order valence-corrected chi connectivity index (χ1v) is 13.5. The predicted molar refractivity (Wildman–Crippen MR) is 143 cm³/mol. The molecule has 1 saturated heterocycles. The number of hydrogen-bond acceptors (Lipinski definition) is 5. The van der Waals surface area contributed by atoms with Crippen LogP contribution in [0.5, 0.6) is 5.75 Å². The highest BCUT2D eigenvalue weighted by Crippen LogP contribution is 2.47. The van der Waals surface area contributed by atoms with E-state index < -0.39 is 52.4 Å². The van der Waals surface area contributed by atoms with Gasteiger partial charge in [-0.1, -0.05) is 59.8 Å². The van der Waals surface area contributed by atoms with E-state index in [0.717, 1.165) is 43.1 Å². The molecule has 2 rings (SSSR count). The fourth-order valence-corrected chi connectivity index (χ4v) is 5.20. The number of nitrogens with one attached hydrogen (secondary N) is 2. The summed E-state index contributed by atoms with van der Waals surface area (Å²) in [4.78, 5) is 39.1. The van der Waals surface area contributed by atoms with Crippen LogP contribution in [0.3, 0.4) is 0 Å². The van der Waals surface area contributed by atoms with Gasteiger partial charge in [0.1, 0.15) is 11.5 Å². The number of hydrogen-bond donors (Lipinski definition) is 3. The number of benzene rings is 1. The van der Waals surface area contributed by atoms with E-state index in [-0.39, 0.29) is 17.9 Å². The molecule has 12 heteroatoms. The van der Waals surface area contributed by atoms with Crippen molar-refractivity contribution in [2.45, 2.75) is 111 Å². The maximum atomic E-state index is 13.8. The summed E-state index contributed by atoms with van der Waals surface area (Å²) in [6.45, 7) is 11.9. The lowest BCUT2D eigenvalue weighted by atomic mass is 9.76. The summed E-state index contributed by atoms with van der Waals surface area (Å²) < 4.78 is 52.7. The third-order valence-electron chi connectivity index (χ3n) is 6.95. The van der Waals surface area contributed by atoms with Gasteiger partial charge in [0.15, 0.2) is 5.54 Å². The lowest BCUT2D eigenvalue weighted by molar-refractivity contribution is -0.139. The smallest absolute Gasteiger partial charge is 0.419 e. The number of halogens is 3. The van der Waals surface area contributed by atoms with Crippen molar-refractivity contribution in [3.63, 3.8) is 0 Å². The maximum Gasteiger partial charge on any atom is 0.419 e. The number of ether oxygens (including phenoxy) is 2. The third kappa shape index (κ3) is 7.58. The second-order valence-corrected chi connectivity index (χ2v) is 11.8. The zero-order valence-electron chi connectivity index (χ0n) is 24.3. The monoisotopic (exact) mass is 573 g/mol. The van der Waals surface area contributed by atoms with Crippen LogP contribution in [0, 0.1) is 5.41 Å². The van der Waals surface area contributed by atoms with Crippen molar-refractivity contribution in [2.75, 3.05) is 6.61 Å². The number of rotatable bonds is 10. The fourth-order valence-electron chi connectivity index (χ4n) is 5.20. The summed E-state index contributed by atoms with van der Waals surface area (Å²) in [5.74, 6) is -2.30. The van der Waals surface area contributed by atoms with E-state index in [4.69, 9.17) is 9.47 Å². The molecule has 0 radical (unpaired) electrons. The molecule has 1 aliphatic heterocycles. The summed E-state index contributed by atoms with van der Waals surface area (Å²) in [5.41, 5.74) is -1.01. The van der Waals surface area contributed by atoms with Crippen molar-refractivity contribution >= 4 is 17.9 Å². The summed E-state index contributed by atoms with van der Waals surface area (Å²) in [6, 6.07) is 2.90. The van der Waals surface area contributed by atoms with E-state index in [1.165, 1.54) is 26.8 Å². The molecule has 226 valence electrons. The van der Waals surface area contributed by atoms with Gasteiger partial charge in [-0.05, 0) is 50.8 Å². The first kappa shape index (κ1) is 33.2. The number of nitrogens with zero attached hydrogens (tertiary/aromatic N) is 1. The van der Waals surface area contributed by atoms with Gasteiger partial charge in [0.2, 0.25) is 0 Å². The maximum absolute atomic E-state index is 13.8. The molecule has 1 aromatic rings. The fraction of sp³-hybridized carbons (Fsp3) is 0.679. The van der Waals surface area contributed by atoms with Crippen molar-refractivity contribution in [1.29, 1.82) is 0 Å². The Kier molecular flexibility index (Phi) is 10.5. The van der Waals surface area contributed by atoms with Gasteiger partial charge in [0.05, 0.1) is 18.3 Å². The minimum Gasteiger partial charge on any atom is -0.493 e. The number of alkyl halides is 3. The van der Waals surface area contributed by atoms with Crippen LogP contribution in [-0.4, -0.2) is 51.9 Å². The van der Waals surface area contributed by atoms with Crippen LogP contribution in [0.4, 0.5) is 18.0 Å². The Bertz CT molecular complexity index is 1070. The van der Waals surface area contributed by atoms with Crippen LogP contribution in [0.1, 0.15) is 103 Å². The molecule has 40 heavy (non-hydrogen) atoms. The molecule has 0 bridgehead atoms. The molecule has 3 amide bonds. The van der Waals surface area contributed by atoms with Crippen LogP contribution in [0.2, 0.25) is 0 Å². The molecule has 0 aromatic heterocycles. The molecule has 1 unspecified atom stereocenters. The van der Waals surface area contributed by atoms with E-state index >= 15 is 0 Å². The molecule has 0 aliphatic carbocycles. The molecule has 1 fully saturated rings. The summed E-state index contributed by atoms with van der Waals surface area (Å²) in [5, 5.41) is 9.89. The molecule has 2 atom stereocenters. The lowest BCUT2D eigenvalue weighted by Crippen LogP contribution is -2.66. The van der Waals surface area contributed by atoms with Gasteiger partial charge in [-0.3, -0.25) is 25.3 Å². The minimum atomic E-state index is -4.78. The van der Waals surface area contributed by atoms with Gasteiger partial charge in [0.25, 0.3) is 11.8 Å². The summed E-state index contributed by atoms with van der Waals surface area (Å²) in [6.07, 6.45) is -1.39. The summed E-state index contributed by atoms with van der Waals surface area (Å²) in [7, 11) is 0. The molecule has 1 aliphatic rings. The van der Waals surface area contributed by atoms with Crippen LogP contribution in [-0.2, 0) is 15.7 Å². The molecule has 0 saturated carbocycles. The summed E-state index contributed by atoms with van der Waals surface area (Å²) >= 11 is 0. The quantitative estimate of drug-likeness (QED) is 0.229. The van der Waals surface area contributed by atoms with Crippen molar-refractivity contribution in [3.8, 4) is 5.75 Å². The second kappa shape index (κ2) is 12.7. The van der Waals surface area contributed by atoms with Gasteiger partial charge in [-0.2, -0.15) is 13.2 Å². The Morgan fingerprint density at radius 1 is 1.02 bits per heavy atom. The van der Waals surface area contributed by atoms with Crippen LogP contribution in [0.15, 0.2) is 18.2 Å². The molecule has 9 nitrogen and oxygen atoms in total.